The standard InChI is InChI=1S/C16H18F3NO3/c1-10(12-6-8-13(9-7-12)16(17,18)19)20(11(2)21)14(22)23-15(3,4)5/h6-9H,1H2,2-5H3. The lowest BCUT2D eigenvalue weighted by Gasteiger charge is -2.26. The second-order valence-electron chi connectivity index (χ2n) is 5.86. The number of amides is 2. The quantitative estimate of drug-likeness (QED) is 0.805. The predicted molar refractivity (Wildman–Crippen MR) is 79.2 cm³/mol. The number of hydrogen-bond donors (Lipinski definition) is 0. The summed E-state index contributed by atoms with van der Waals surface area (Å²) in [6, 6.07) is 4.00. The summed E-state index contributed by atoms with van der Waals surface area (Å²) in [5, 5.41) is 0. The number of hydrogen-bond acceptors (Lipinski definition) is 3. The molecular weight excluding hydrogens is 311 g/mol. The van der Waals surface area contributed by atoms with E-state index in [-0.39, 0.29) is 11.3 Å². The molecule has 7 heteroatoms. The Bertz CT molecular complexity index is 613. The number of carbonyl (C=O) groups excluding carboxylic acids is 2. The Labute approximate surface area is 132 Å². The van der Waals surface area contributed by atoms with Gasteiger partial charge in [-0.3, -0.25) is 4.79 Å². The van der Waals surface area contributed by atoms with Crippen LogP contribution in [-0.2, 0) is 15.7 Å². The summed E-state index contributed by atoms with van der Waals surface area (Å²) < 4.78 is 42.8. The number of rotatable bonds is 2. The molecule has 0 N–H and O–H groups in total. The summed E-state index contributed by atoms with van der Waals surface area (Å²) in [5.41, 5.74) is -1.51. The van der Waals surface area contributed by atoms with E-state index in [9.17, 15) is 22.8 Å². The predicted octanol–water partition coefficient (Wildman–Crippen LogP) is 4.46. The van der Waals surface area contributed by atoms with Crippen molar-refractivity contribution in [3.63, 3.8) is 0 Å². The normalized spacial score (nSPS) is 11.8. The highest BCUT2D eigenvalue weighted by Crippen LogP contribution is 2.30. The van der Waals surface area contributed by atoms with Crippen molar-refractivity contribution >= 4 is 17.7 Å². The van der Waals surface area contributed by atoms with Crippen LogP contribution in [0.5, 0.6) is 0 Å². The van der Waals surface area contributed by atoms with Gasteiger partial charge in [0.1, 0.15) is 5.60 Å². The number of carbonyl (C=O) groups is 2. The summed E-state index contributed by atoms with van der Waals surface area (Å²) in [6.45, 7) is 9.64. The van der Waals surface area contributed by atoms with Gasteiger partial charge in [0.2, 0.25) is 5.91 Å². The fourth-order valence-corrected chi connectivity index (χ4v) is 1.72. The molecule has 4 nitrogen and oxygen atoms in total. The van der Waals surface area contributed by atoms with Gasteiger partial charge in [0.25, 0.3) is 0 Å². The van der Waals surface area contributed by atoms with Crippen molar-refractivity contribution in [1.82, 2.24) is 4.90 Å². The highest BCUT2D eigenvalue weighted by molar-refractivity contribution is 6.00. The van der Waals surface area contributed by atoms with Gasteiger partial charge in [0.05, 0.1) is 11.3 Å². The van der Waals surface area contributed by atoms with Crippen LogP contribution in [0.4, 0.5) is 18.0 Å². The van der Waals surface area contributed by atoms with Gasteiger partial charge in [-0.25, -0.2) is 9.69 Å². The van der Waals surface area contributed by atoms with Crippen molar-refractivity contribution in [2.75, 3.05) is 0 Å². The number of imide groups is 1. The van der Waals surface area contributed by atoms with Gasteiger partial charge < -0.3 is 4.74 Å². The average Bonchev–Trinajstić information content (AvgIpc) is 2.35. The first-order chi connectivity index (χ1) is 10.3. The van der Waals surface area contributed by atoms with Gasteiger partial charge in [-0.1, -0.05) is 18.7 Å². The van der Waals surface area contributed by atoms with Crippen LogP contribution in [0.1, 0.15) is 38.8 Å². The van der Waals surface area contributed by atoms with E-state index in [1.807, 2.05) is 0 Å². The third-order valence-corrected chi connectivity index (χ3v) is 2.71. The minimum atomic E-state index is -4.47. The zero-order chi connectivity index (χ0) is 18.0. The van der Waals surface area contributed by atoms with E-state index in [2.05, 4.69) is 6.58 Å². The van der Waals surface area contributed by atoms with Gasteiger partial charge >= 0.3 is 12.3 Å². The molecule has 0 aliphatic heterocycles. The fourth-order valence-electron chi connectivity index (χ4n) is 1.72. The number of alkyl halides is 3. The van der Waals surface area contributed by atoms with Gasteiger partial charge in [-0.2, -0.15) is 13.2 Å². The number of benzene rings is 1. The van der Waals surface area contributed by atoms with Crippen LogP contribution in [0.2, 0.25) is 0 Å². The Balaban J connectivity index is 3.08. The molecule has 1 aromatic carbocycles. The summed E-state index contributed by atoms with van der Waals surface area (Å²) in [4.78, 5) is 24.5. The summed E-state index contributed by atoms with van der Waals surface area (Å²) in [6.07, 6.45) is -5.40. The van der Waals surface area contributed by atoms with Crippen LogP contribution in [-0.4, -0.2) is 22.5 Å². The summed E-state index contributed by atoms with van der Waals surface area (Å²) in [5.74, 6) is -0.649. The molecule has 0 aliphatic carbocycles. The van der Waals surface area contributed by atoms with Crippen LogP contribution in [0.25, 0.3) is 5.70 Å². The molecule has 1 rings (SSSR count). The first-order valence-electron chi connectivity index (χ1n) is 6.73. The number of halogens is 3. The van der Waals surface area contributed by atoms with Gasteiger partial charge in [0.15, 0.2) is 0 Å². The second-order valence-corrected chi connectivity index (χ2v) is 5.86. The molecule has 0 unspecified atom stereocenters. The molecule has 0 saturated heterocycles. The zero-order valence-electron chi connectivity index (χ0n) is 13.3. The topological polar surface area (TPSA) is 46.6 Å². The van der Waals surface area contributed by atoms with E-state index < -0.39 is 29.3 Å². The van der Waals surface area contributed by atoms with Crippen LogP contribution in [0.3, 0.4) is 0 Å². The van der Waals surface area contributed by atoms with Gasteiger partial charge in [-0.05, 0) is 38.5 Å². The Hall–Kier alpha value is -2.31. The molecule has 0 saturated carbocycles. The molecule has 0 heterocycles. The van der Waals surface area contributed by atoms with E-state index in [4.69, 9.17) is 4.74 Å². The zero-order valence-corrected chi connectivity index (χ0v) is 13.3. The lowest BCUT2D eigenvalue weighted by molar-refractivity contribution is -0.137. The van der Waals surface area contributed by atoms with Crippen LogP contribution < -0.4 is 0 Å². The largest absolute Gasteiger partial charge is 0.443 e. The molecule has 0 spiro atoms. The molecule has 0 atom stereocenters. The minimum absolute atomic E-state index is 0.0551. The monoisotopic (exact) mass is 329 g/mol. The molecule has 2 amide bonds. The first kappa shape index (κ1) is 18.7. The molecule has 0 aromatic heterocycles. The van der Waals surface area contributed by atoms with Crippen molar-refractivity contribution in [1.29, 1.82) is 0 Å². The Kier molecular flexibility index (Phi) is 5.24. The van der Waals surface area contributed by atoms with Crippen molar-refractivity contribution in [2.24, 2.45) is 0 Å². The molecule has 0 bridgehead atoms. The van der Waals surface area contributed by atoms with Crippen molar-refractivity contribution < 1.29 is 27.5 Å². The third-order valence-electron chi connectivity index (χ3n) is 2.71. The van der Waals surface area contributed by atoms with Gasteiger partial charge in [0, 0.05) is 6.92 Å². The average molecular weight is 329 g/mol. The highest BCUT2D eigenvalue weighted by atomic mass is 19.4. The van der Waals surface area contributed by atoms with Crippen molar-refractivity contribution in [3.05, 3.63) is 42.0 Å². The van der Waals surface area contributed by atoms with Crippen molar-refractivity contribution in [2.45, 2.75) is 39.5 Å². The summed E-state index contributed by atoms with van der Waals surface area (Å²) in [7, 11) is 0. The van der Waals surface area contributed by atoms with E-state index in [1.165, 1.54) is 0 Å². The lowest BCUT2D eigenvalue weighted by atomic mass is 10.1. The highest BCUT2D eigenvalue weighted by Gasteiger charge is 2.31. The van der Waals surface area contributed by atoms with Crippen LogP contribution in [0.15, 0.2) is 30.8 Å². The van der Waals surface area contributed by atoms with Crippen LogP contribution in [0, 0.1) is 0 Å². The SMILES string of the molecule is C=C(c1ccc(C(F)(F)F)cc1)N(C(C)=O)C(=O)OC(C)(C)C. The molecule has 126 valence electrons. The molecule has 23 heavy (non-hydrogen) atoms. The van der Waals surface area contributed by atoms with E-state index in [1.54, 1.807) is 20.8 Å². The van der Waals surface area contributed by atoms with E-state index >= 15 is 0 Å². The lowest BCUT2D eigenvalue weighted by Crippen LogP contribution is -2.38. The maximum atomic E-state index is 12.6. The molecule has 1 aromatic rings. The van der Waals surface area contributed by atoms with E-state index in [0.29, 0.717) is 4.90 Å². The molecule has 0 fully saturated rings. The maximum Gasteiger partial charge on any atom is 0.421 e. The second kappa shape index (κ2) is 6.44. The first-order valence-corrected chi connectivity index (χ1v) is 6.73. The maximum absolute atomic E-state index is 12.6. The van der Waals surface area contributed by atoms with Crippen molar-refractivity contribution in [3.8, 4) is 0 Å². The summed E-state index contributed by atoms with van der Waals surface area (Å²) >= 11 is 0. The fraction of sp³-hybridized carbons (Fsp3) is 0.375. The van der Waals surface area contributed by atoms with Crippen LogP contribution >= 0.6 is 0 Å². The molecule has 0 aliphatic rings. The Morgan fingerprint density at radius 3 is 1.91 bits per heavy atom. The molecular formula is C16H18F3NO3. The number of ether oxygens (including phenoxy) is 1. The van der Waals surface area contributed by atoms with E-state index in [0.717, 1.165) is 31.2 Å². The van der Waals surface area contributed by atoms with Gasteiger partial charge in [-0.15, -0.1) is 0 Å². The number of nitrogens with zero attached hydrogens (tertiary/aromatic N) is 1. The minimum Gasteiger partial charge on any atom is -0.443 e. The third kappa shape index (κ3) is 5.12. The molecule has 0 radical (unpaired) electrons. The Morgan fingerprint density at radius 1 is 1.09 bits per heavy atom. The Morgan fingerprint density at radius 2 is 1.57 bits per heavy atom. The smallest absolute Gasteiger partial charge is 0.421 e.